The molecule has 152 valence electrons. The number of furan rings is 1. The zero-order valence-electron chi connectivity index (χ0n) is 16.8. The summed E-state index contributed by atoms with van der Waals surface area (Å²) >= 11 is 0. The highest BCUT2D eigenvalue weighted by atomic mass is 16.3. The standard InChI is InChI=1S/C25H19N3O3/c1-16(22-15-17-9-5-8-14-21(17)31-22)26-24(29)23-19-12-6-7-13-20(19)25(30)28(27-23)18-10-3-2-4-11-18/h2-16H,1H3,(H,26,29)/t16-/m0/s1. The molecule has 2 heterocycles. The van der Waals surface area contributed by atoms with Gasteiger partial charge in [0, 0.05) is 10.8 Å². The van der Waals surface area contributed by atoms with Crippen molar-refractivity contribution < 1.29 is 9.21 Å². The lowest BCUT2D eigenvalue weighted by atomic mass is 10.1. The Balaban J connectivity index is 1.56. The number of nitrogens with one attached hydrogen (secondary N) is 1. The van der Waals surface area contributed by atoms with Gasteiger partial charge in [-0.15, -0.1) is 0 Å². The third-order valence-corrected chi connectivity index (χ3v) is 5.24. The van der Waals surface area contributed by atoms with Gasteiger partial charge in [0.1, 0.15) is 11.3 Å². The van der Waals surface area contributed by atoms with Crippen molar-refractivity contribution in [3.8, 4) is 5.69 Å². The highest BCUT2D eigenvalue weighted by molar-refractivity contribution is 6.05. The monoisotopic (exact) mass is 409 g/mol. The minimum absolute atomic E-state index is 0.182. The topological polar surface area (TPSA) is 77.1 Å². The number of carbonyl (C=O) groups is 1. The third-order valence-electron chi connectivity index (χ3n) is 5.24. The van der Waals surface area contributed by atoms with Crippen LogP contribution in [0.2, 0.25) is 0 Å². The fourth-order valence-corrected chi connectivity index (χ4v) is 3.65. The number of benzene rings is 3. The number of carbonyl (C=O) groups excluding carboxylic acids is 1. The van der Waals surface area contributed by atoms with E-state index < -0.39 is 0 Å². The van der Waals surface area contributed by atoms with Crippen LogP contribution in [0.3, 0.4) is 0 Å². The molecule has 0 aliphatic heterocycles. The maximum atomic E-state index is 13.2. The Bertz CT molecular complexity index is 1440. The summed E-state index contributed by atoms with van der Waals surface area (Å²) in [7, 11) is 0. The number of aromatic nitrogens is 2. The van der Waals surface area contributed by atoms with E-state index in [1.54, 1.807) is 36.4 Å². The summed E-state index contributed by atoms with van der Waals surface area (Å²) in [5.74, 6) is 0.268. The van der Waals surface area contributed by atoms with Gasteiger partial charge in [0.15, 0.2) is 5.69 Å². The van der Waals surface area contributed by atoms with Gasteiger partial charge < -0.3 is 9.73 Å². The second-order valence-corrected chi connectivity index (χ2v) is 7.33. The Morgan fingerprint density at radius 1 is 0.935 bits per heavy atom. The van der Waals surface area contributed by atoms with Crippen molar-refractivity contribution in [2.24, 2.45) is 0 Å². The minimum Gasteiger partial charge on any atom is -0.459 e. The lowest BCUT2D eigenvalue weighted by Gasteiger charge is -2.14. The molecule has 1 atom stereocenters. The van der Waals surface area contributed by atoms with Crippen LogP contribution < -0.4 is 10.9 Å². The summed E-state index contributed by atoms with van der Waals surface area (Å²) in [6, 6.07) is 25.3. The molecule has 0 aliphatic carbocycles. The van der Waals surface area contributed by atoms with Crippen LogP contribution in [0.5, 0.6) is 0 Å². The van der Waals surface area contributed by atoms with Crippen LogP contribution in [0.4, 0.5) is 0 Å². The second kappa shape index (κ2) is 7.57. The van der Waals surface area contributed by atoms with Gasteiger partial charge in [-0.1, -0.05) is 54.6 Å². The number of nitrogens with zero attached hydrogens (tertiary/aromatic N) is 2. The van der Waals surface area contributed by atoms with Crippen molar-refractivity contribution in [3.05, 3.63) is 107 Å². The Kier molecular flexibility index (Phi) is 4.59. The van der Waals surface area contributed by atoms with E-state index in [9.17, 15) is 9.59 Å². The smallest absolute Gasteiger partial charge is 0.279 e. The Labute approximate surface area is 177 Å². The lowest BCUT2D eigenvalue weighted by Crippen LogP contribution is -2.31. The molecule has 0 bridgehead atoms. The molecule has 0 radical (unpaired) electrons. The predicted octanol–water partition coefficient (Wildman–Crippen LogP) is 4.62. The number of hydrogen-bond acceptors (Lipinski definition) is 4. The van der Waals surface area contributed by atoms with Crippen molar-refractivity contribution in [2.45, 2.75) is 13.0 Å². The van der Waals surface area contributed by atoms with Gasteiger partial charge >= 0.3 is 0 Å². The Hall–Kier alpha value is -4.19. The van der Waals surface area contributed by atoms with Gasteiger partial charge in [-0.05, 0) is 37.3 Å². The lowest BCUT2D eigenvalue weighted by molar-refractivity contribution is 0.0931. The van der Waals surface area contributed by atoms with Crippen LogP contribution in [0.15, 0.2) is 94.1 Å². The van der Waals surface area contributed by atoms with E-state index in [1.807, 2.05) is 55.5 Å². The summed E-state index contributed by atoms with van der Waals surface area (Å²) < 4.78 is 7.14. The first-order valence-electron chi connectivity index (χ1n) is 9.98. The Morgan fingerprint density at radius 2 is 1.61 bits per heavy atom. The molecule has 1 N–H and O–H groups in total. The van der Waals surface area contributed by atoms with E-state index in [-0.39, 0.29) is 23.2 Å². The van der Waals surface area contributed by atoms with E-state index in [4.69, 9.17) is 4.42 Å². The largest absolute Gasteiger partial charge is 0.459 e. The molecule has 6 nitrogen and oxygen atoms in total. The fourth-order valence-electron chi connectivity index (χ4n) is 3.65. The van der Waals surface area contributed by atoms with E-state index in [1.165, 1.54) is 4.68 Å². The van der Waals surface area contributed by atoms with E-state index >= 15 is 0 Å². The zero-order chi connectivity index (χ0) is 21.4. The first kappa shape index (κ1) is 18.8. The normalized spacial score (nSPS) is 12.2. The maximum absolute atomic E-state index is 13.2. The van der Waals surface area contributed by atoms with Crippen LogP contribution in [-0.2, 0) is 0 Å². The second-order valence-electron chi connectivity index (χ2n) is 7.33. The van der Waals surface area contributed by atoms with Crippen molar-refractivity contribution in [1.82, 2.24) is 15.1 Å². The molecular weight excluding hydrogens is 390 g/mol. The van der Waals surface area contributed by atoms with Crippen LogP contribution in [0.25, 0.3) is 27.4 Å². The van der Waals surface area contributed by atoms with Crippen molar-refractivity contribution in [1.29, 1.82) is 0 Å². The van der Waals surface area contributed by atoms with E-state index in [0.29, 0.717) is 22.2 Å². The highest BCUT2D eigenvalue weighted by Crippen LogP contribution is 2.24. The molecule has 0 saturated carbocycles. The summed E-state index contributed by atoms with van der Waals surface area (Å²) in [6.45, 7) is 1.85. The average molecular weight is 409 g/mol. The number of rotatable bonds is 4. The average Bonchev–Trinajstić information content (AvgIpc) is 3.25. The molecule has 3 aromatic carbocycles. The number of para-hydroxylation sites is 2. The molecule has 31 heavy (non-hydrogen) atoms. The van der Waals surface area contributed by atoms with Crippen molar-refractivity contribution in [2.75, 3.05) is 0 Å². The van der Waals surface area contributed by atoms with E-state index in [2.05, 4.69) is 10.4 Å². The van der Waals surface area contributed by atoms with Crippen molar-refractivity contribution >= 4 is 27.6 Å². The molecule has 2 aromatic heterocycles. The summed E-state index contributed by atoms with van der Waals surface area (Å²) in [4.78, 5) is 26.2. The molecule has 5 aromatic rings. The SMILES string of the molecule is C[C@H](NC(=O)c1nn(-c2ccccc2)c(=O)c2ccccc12)c1cc2ccccc2o1. The van der Waals surface area contributed by atoms with Gasteiger partial charge in [-0.25, -0.2) is 0 Å². The molecule has 0 spiro atoms. The summed E-state index contributed by atoms with van der Waals surface area (Å²) in [6.07, 6.45) is 0. The van der Waals surface area contributed by atoms with Crippen LogP contribution in [0.1, 0.15) is 29.2 Å². The zero-order valence-corrected chi connectivity index (χ0v) is 16.8. The van der Waals surface area contributed by atoms with Gasteiger partial charge in [0.25, 0.3) is 11.5 Å². The molecule has 0 saturated heterocycles. The summed E-state index contributed by atoms with van der Waals surface area (Å²) in [5, 5.41) is 9.29. The fraction of sp³-hybridized carbons (Fsp3) is 0.0800. The summed E-state index contributed by atoms with van der Waals surface area (Å²) in [5.41, 5.74) is 1.27. The van der Waals surface area contributed by atoms with Gasteiger partial charge in [0.2, 0.25) is 0 Å². The number of fused-ring (bicyclic) bond motifs is 2. The van der Waals surface area contributed by atoms with Crippen LogP contribution >= 0.6 is 0 Å². The highest BCUT2D eigenvalue weighted by Gasteiger charge is 2.21. The molecule has 6 heteroatoms. The molecule has 0 aliphatic rings. The molecule has 1 amide bonds. The van der Waals surface area contributed by atoms with E-state index in [0.717, 1.165) is 11.0 Å². The van der Waals surface area contributed by atoms with Gasteiger partial charge in [0.05, 0.1) is 17.1 Å². The maximum Gasteiger partial charge on any atom is 0.279 e. The van der Waals surface area contributed by atoms with Gasteiger partial charge in [-0.3, -0.25) is 9.59 Å². The predicted molar refractivity (Wildman–Crippen MR) is 119 cm³/mol. The number of hydrogen-bond donors (Lipinski definition) is 1. The van der Waals surface area contributed by atoms with Crippen molar-refractivity contribution in [3.63, 3.8) is 0 Å². The quantitative estimate of drug-likeness (QED) is 0.470. The van der Waals surface area contributed by atoms with Gasteiger partial charge in [-0.2, -0.15) is 9.78 Å². The Morgan fingerprint density at radius 3 is 2.39 bits per heavy atom. The van der Waals surface area contributed by atoms with Crippen LogP contribution in [0, 0.1) is 0 Å². The molecule has 5 rings (SSSR count). The molecular formula is C25H19N3O3. The number of amides is 1. The van der Waals surface area contributed by atoms with Crippen LogP contribution in [-0.4, -0.2) is 15.7 Å². The molecule has 0 unspecified atom stereocenters. The first-order valence-corrected chi connectivity index (χ1v) is 9.98. The first-order chi connectivity index (χ1) is 15.1. The third kappa shape index (κ3) is 3.38. The minimum atomic E-state index is -0.381. The molecule has 0 fully saturated rings.